The van der Waals surface area contributed by atoms with Crippen LogP contribution in [0.15, 0.2) is 36.5 Å². The molecule has 2 aromatic rings. The number of benzene rings is 1. The van der Waals surface area contributed by atoms with Gasteiger partial charge in [-0.05, 0) is 62.4 Å². The van der Waals surface area contributed by atoms with Crippen LogP contribution < -0.4 is 10.6 Å². The number of carbonyl (C=O) groups is 2. The Morgan fingerprint density at radius 3 is 2.19 bits per heavy atom. The van der Waals surface area contributed by atoms with Crippen LogP contribution in [0.4, 0.5) is 4.39 Å². The molecule has 1 saturated carbocycles. The van der Waals surface area contributed by atoms with Crippen LogP contribution in [-0.2, 0) is 0 Å². The van der Waals surface area contributed by atoms with Gasteiger partial charge in [0.1, 0.15) is 5.75 Å². The summed E-state index contributed by atoms with van der Waals surface area (Å²) in [5, 5.41) is 15.7. The number of rotatable bonds is 4. The van der Waals surface area contributed by atoms with E-state index >= 15 is 0 Å². The number of nitrogens with one attached hydrogen (secondary N) is 2. The highest BCUT2D eigenvalue weighted by molar-refractivity contribution is 5.97. The average Bonchev–Trinajstić information content (AvgIpc) is 2.63. The fourth-order valence-electron chi connectivity index (χ4n) is 3.30. The third-order valence-corrected chi connectivity index (χ3v) is 4.80. The third kappa shape index (κ3) is 4.61. The summed E-state index contributed by atoms with van der Waals surface area (Å²) in [5.74, 6) is -1.60. The lowest BCUT2D eigenvalue weighted by Gasteiger charge is -2.29. The molecule has 1 fully saturated rings. The zero-order chi connectivity index (χ0) is 19.4. The second-order valence-corrected chi connectivity index (χ2v) is 6.86. The van der Waals surface area contributed by atoms with E-state index in [1.807, 2.05) is 6.92 Å². The summed E-state index contributed by atoms with van der Waals surface area (Å²) in [5.41, 5.74) is 1.07. The third-order valence-electron chi connectivity index (χ3n) is 4.80. The maximum absolute atomic E-state index is 13.6. The molecule has 3 rings (SSSR count). The normalized spacial score (nSPS) is 19.3. The van der Waals surface area contributed by atoms with Gasteiger partial charge in [-0.25, -0.2) is 4.98 Å². The molecule has 142 valence electrons. The van der Waals surface area contributed by atoms with Crippen molar-refractivity contribution in [3.05, 3.63) is 59.2 Å². The molecule has 1 heterocycles. The average molecular weight is 371 g/mol. The van der Waals surface area contributed by atoms with Crippen molar-refractivity contribution in [2.45, 2.75) is 44.7 Å². The quantitative estimate of drug-likeness (QED) is 0.721. The number of phenols is 1. The van der Waals surface area contributed by atoms with Crippen LogP contribution in [0.5, 0.6) is 5.75 Å². The first kappa shape index (κ1) is 18.8. The van der Waals surface area contributed by atoms with Crippen molar-refractivity contribution in [3.8, 4) is 5.75 Å². The molecule has 1 aliphatic carbocycles. The van der Waals surface area contributed by atoms with Crippen molar-refractivity contribution in [1.82, 2.24) is 15.6 Å². The van der Waals surface area contributed by atoms with Gasteiger partial charge in [-0.15, -0.1) is 0 Å². The van der Waals surface area contributed by atoms with E-state index in [1.165, 1.54) is 18.3 Å². The number of aromatic nitrogens is 1. The van der Waals surface area contributed by atoms with E-state index in [0.717, 1.165) is 5.56 Å². The molecule has 0 unspecified atom stereocenters. The standard InChI is InChI=1S/C20H22FN3O3/c1-12-4-9-15(17(25)11-12)19(26)23-13-5-7-14(8-6-13)24-20(27)16-3-2-10-22-18(16)21/h2-4,9-11,13-14,25H,5-8H2,1H3,(H,23,26)(H,24,27). The molecule has 7 heteroatoms. The maximum atomic E-state index is 13.6. The summed E-state index contributed by atoms with van der Waals surface area (Å²) in [7, 11) is 0. The van der Waals surface area contributed by atoms with E-state index < -0.39 is 11.9 Å². The van der Waals surface area contributed by atoms with Gasteiger partial charge in [0.25, 0.3) is 11.8 Å². The van der Waals surface area contributed by atoms with Crippen LogP contribution in [-0.4, -0.2) is 34.0 Å². The van der Waals surface area contributed by atoms with Gasteiger partial charge in [0.2, 0.25) is 5.95 Å². The lowest BCUT2D eigenvalue weighted by Crippen LogP contribution is -2.44. The summed E-state index contributed by atoms with van der Waals surface area (Å²) in [6.07, 6.45) is 4.04. The van der Waals surface area contributed by atoms with E-state index in [4.69, 9.17) is 0 Å². The van der Waals surface area contributed by atoms with Crippen LogP contribution in [0.1, 0.15) is 52.0 Å². The Hall–Kier alpha value is -2.96. The molecular formula is C20H22FN3O3. The van der Waals surface area contributed by atoms with Gasteiger partial charge in [0, 0.05) is 18.3 Å². The molecule has 6 nitrogen and oxygen atoms in total. The number of carbonyl (C=O) groups excluding carboxylic acids is 2. The predicted octanol–water partition coefficient (Wildman–Crippen LogP) is 2.71. The van der Waals surface area contributed by atoms with E-state index in [2.05, 4.69) is 15.6 Å². The van der Waals surface area contributed by atoms with E-state index in [1.54, 1.807) is 18.2 Å². The Bertz CT molecular complexity index is 848. The van der Waals surface area contributed by atoms with E-state index in [0.29, 0.717) is 25.7 Å². The highest BCUT2D eigenvalue weighted by Gasteiger charge is 2.25. The monoisotopic (exact) mass is 371 g/mol. The van der Waals surface area contributed by atoms with Gasteiger partial charge in [-0.1, -0.05) is 6.07 Å². The van der Waals surface area contributed by atoms with Crippen molar-refractivity contribution in [1.29, 1.82) is 0 Å². The largest absolute Gasteiger partial charge is 0.507 e. The number of amides is 2. The smallest absolute Gasteiger partial charge is 0.256 e. The highest BCUT2D eigenvalue weighted by Crippen LogP contribution is 2.22. The first-order valence-electron chi connectivity index (χ1n) is 8.96. The SMILES string of the molecule is Cc1ccc(C(=O)NC2CCC(NC(=O)c3cccnc3F)CC2)c(O)c1. The zero-order valence-electron chi connectivity index (χ0n) is 15.0. The van der Waals surface area contributed by atoms with Crippen molar-refractivity contribution >= 4 is 11.8 Å². The van der Waals surface area contributed by atoms with Gasteiger partial charge in [0.05, 0.1) is 11.1 Å². The molecule has 3 N–H and O–H groups in total. The summed E-state index contributed by atoms with van der Waals surface area (Å²) in [4.78, 5) is 28.0. The number of aryl methyl sites for hydroxylation is 1. The summed E-state index contributed by atoms with van der Waals surface area (Å²) in [6, 6.07) is 7.76. The van der Waals surface area contributed by atoms with Crippen molar-refractivity contribution < 1.29 is 19.1 Å². The molecule has 2 amide bonds. The number of nitrogens with zero attached hydrogens (tertiary/aromatic N) is 1. The topological polar surface area (TPSA) is 91.3 Å². The molecule has 0 atom stereocenters. The molecule has 0 bridgehead atoms. The predicted molar refractivity (Wildman–Crippen MR) is 98.0 cm³/mol. The number of hydrogen-bond donors (Lipinski definition) is 3. The zero-order valence-corrected chi connectivity index (χ0v) is 15.0. The van der Waals surface area contributed by atoms with E-state index in [9.17, 15) is 19.1 Å². The number of pyridine rings is 1. The lowest BCUT2D eigenvalue weighted by atomic mass is 9.90. The maximum Gasteiger partial charge on any atom is 0.256 e. The van der Waals surface area contributed by atoms with Crippen molar-refractivity contribution in [2.75, 3.05) is 0 Å². The molecule has 1 aromatic heterocycles. The number of aromatic hydroxyl groups is 1. The number of hydrogen-bond acceptors (Lipinski definition) is 4. The Labute approximate surface area is 156 Å². The van der Waals surface area contributed by atoms with Gasteiger partial charge in [0.15, 0.2) is 0 Å². The second kappa shape index (κ2) is 8.16. The summed E-state index contributed by atoms with van der Waals surface area (Å²) in [6.45, 7) is 1.84. The fourth-order valence-corrected chi connectivity index (χ4v) is 3.30. The van der Waals surface area contributed by atoms with E-state index in [-0.39, 0.29) is 34.9 Å². The van der Waals surface area contributed by atoms with Crippen LogP contribution >= 0.6 is 0 Å². The van der Waals surface area contributed by atoms with Crippen LogP contribution in [0.25, 0.3) is 0 Å². The fraction of sp³-hybridized carbons (Fsp3) is 0.350. The minimum Gasteiger partial charge on any atom is -0.507 e. The first-order chi connectivity index (χ1) is 12.9. The molecule has 0 saturated heterocycles. The molecular weight excluding hydrogens is 349 g/mol. The van der Waals surface area contributed by atoms with Crippen molar-refractivity contribution in [3.63, 3.8) is 0 Å². The summed E-state index contributed by atoms with van der Waals surface area (Å²) < 4.78 is 13.6. The van der Waals surface area contributed by atoms with Gasteiger partial charge in [-0.3, -0.25) is 9.59 Å². The molecule has 1 aromatic carbocycles. The van der Waals surface area contributed by atoms with Gasteiger partial charge >= 0.3 is 0 Å². The number of halogens is 1. The Morgan fingerprint density at radius 1 is 1.04 bits per heavy atom. The Morgan fingerprint density at radius 2 is 1.63 bits per heavy atom. The Kier molecular flexibility index (Phi) is 5.69. The molecule has 0 radical (unpaired) electrons. The Balaban J connectivity index is 1.51. The summed E-state index contributed by atoms with van der Waals surface area (Å²) >= 11 is 0. The van der Waals surface area contributed by atoms with Crippen LogP contribution in [0.2, 0.25) is 0 Å². The highest BCUT2D eigenvalue weighted by atomic mass is 19.1. The first-order valence-corrected chi connectivity index (χ1v) is 8.96. The van der Waals surface area contributed by atoms with Gasteiger partial charge < -0.3 is 15.7 Å². The molecule has 1 aliphatic rings. The van der Waals surface area contributed by atoms with Crippen molar-refractivity contribution in [2.24, 2.45) is 0 Å². The lowest BCUT2D eigenvalue weighted by molar-refractivity contribution is 0.0887. The second-order valence-electron chi connectivity index (χ2n) is 6.86. The van der Waals surface area contributed by atoms with Crippen LogP contribution in [0.3, 0.4) is 0 Å². The van der Waals surface area contributed by atoms with Crippen LogP contribution in [0, 0.1) is 12.9 Å². The molecule has 0 aliphatic heterocycles. The number of phenolic OH excluding ortho intramolecular Hbond substituents is 1. The molecule has 0 spiro atoms. The minimum absolute atomic E-state index is 0.0264. The van der Waals surface area contributed by atoms with Gasteiger partial charge in [-0.2, -0.15) is 4.39 Å². The molecule has 27 heavy (non-hydrogen) atoms. The minimum atomic E-state index is -0.783.